The number of nitrogens with zero attached hydrogens (tertiary/aromatic N) is 3. The molecule has 5 rings (SSSR count). The number of aromatic amines is 1. The van der Waals surface area contributed by atoms with E-state index in [0.29, 0.717) is 24.1 Å². The van der Waals surface area contributed by atoms with Crippen LogP contribution in [-0.2, 0) is 11.3 Å². The van der Waals surface area contributed by atoms with E-state index in [1.165, 1.54) is 23.9 Å². The van der Waals surface area contributed by atoms with Gasteiger partial charge in [0.2, 0.25) is 5.91 Å². The summed E-state index contributed by atoms with van der Waals surface area (Å²) in [4.78, 5) is 15.8. The van der Waals surface area contributed by atoms with Crippen LogP contribution in [0.5, 0.6) is 5.75 Å². The van der Waals surface area contributed by atoms with Gasteiger partial charge in [0.05, 0.1) is 12.4 Å². The maximum atomic E-state index is 13.1. The van der Waals surface area contributed by atoms with Gasteiger partial charge in [-0.1, -0.05) is 42.1 Å². The molecule has 5 aromatic rings. The molecule has 2 N–H and O–H groups in total. The molecule has 7 nitrogen and oxygen atoms in total. The second-order valence-electron chi connectivity index (χ2n) is 8.01. The van der Waals surface area contributed by atoms with Crippen LogP contribution in [0.25, 0.3) is 28.0 Å². The van der Waals surface area contributed by atoms with Crippen LogP contribution in [0.2, 0.25) is 0 Å². The number of ether oxygens (including phenoxy) is 1. The summed E-state index contributed by atoms with van der Waals surface area (Å²) in [7, 11) is 0. The maximum Gasteiger partial charge on any atom is 0.230 e. The van der Waals surface area contributed by atoms with E-state index in [1.54, 1.807) is 12.1 Å². The van der Waals surface area contributed by atoms with E-state index >= 15 is 0 Å². The predicted octanol–water partition coefficient (Wildman–Crippen LogP) is 5.36. The third-order valence-corrected chi connectivity index (χ3v) is 6.53. The molecular weight excluding hydrogens is 477 g/mol. The van der Waals surface area contributed by atoms with Crippen LogP contribution in [0.15, 0.2) is 84.1 Å². The number of benzene rings is 3. The van der Waals surface area contributed by atoms with Crippen molar-refractivity contribution < 1.29 is 13.9 Å². The Balaban J connectivity index is 1.40. The summed E-state index contributed by atoms with van der Waals surface area (Å²) in [6.45, 7) is 2.85. The second-order valence-corrected chi connectivity index (χ2v) is 8.95. The van der Waals surface area contributed by atoms with Crippen molar-refractivity contribution in [1.29, 1.82) is 0 Å². The first kappa shape index (κ1) is 23.6. The van der Waals surface area contributed by atoms with Gasteiger partial charge in [0.1, 0.15) is 11.6 Å². The molecule has 0 saturated heterocycles. The molecule has 2 aromatic heterocycles. The van der Waals surface area contributed by atoms with Gasteiger partial charge in [-0.25, -0.2) is 4.39 Å². The Morgan fingerprint density at radius 2 is 1.83 bits per heavy atom. The first-order chi connectivity index (χ1) is 17.6. The molecule has 0 unspecified atom stereocenters. The SMILES string of the molecule is CCOc1ccc(-n2c(SCC(=O)NCc3ccc(F)cc3)nnc2-c2c[nH]c3ccccc23)cc1. The van der Waals surface area contributed by atoms with Crippen molar-refractivity contribution in [3.8, 4) is 22.8 Å². The lowest BCUT2D eigenvalue weighted by Crippen LogP contribution is -2.24. The van der Waals surface area contributed by atoms with Gasteiger partial charge in [-0.2, -0.15) is 0 Å². The molecule has 0 radical (unpaired) electrons. The highest BCUT2D eigenvalue weighted by atomic mass is 32.2. The summed E-state index contributed by atoms with van der Waals surface area (Å²) < 4.78 is 20.6. The van der Waals surface area contributed by atoms with Crippen LogP contribution in [0.4, 0.5) is 4.39 Å². The zero-order valence-corrected chi connectivity index (χ0v) is 20.4. The van der Waals surface area contributed by atoms with Crippen molar-refractivity contribution in [1.82, 2.24) is 25.1 Å². The molecular formula is C27H24FN5O2S. The number of halogens is 1. The lowest BCUT2D eigenvalue weighted by Gasteiger charge is -2.11. The molecule has 0 aliphatic rings. The fourth-order valence-corrected chi connectivity index (χ4v) is 4.65. The van der Waals surface area contributed by atoms with Crippen molar-refractivity contribution in [3.05, 3.63) is 90.4 Å². The van der Waals surface area contributed by atoms with Gasteiger partial charge in [-0.05, 0) is 55.0 Å². The monoisotopic (exact) mass is 501 g/mol. The minimum atomic E-state index is -0.305. The summed E-state index contributed by atoms with van der Waals surface area (Å²) in [5.41, 5.74) is 3.61. The minimum absolute atomic E-state index is 0.154. The van der Waals surface area contributed by atoms with E-state index in [2.05, 4.69) is 20.5 Å². The molecule has 0 saturated carbocycles. The number of fused-ring (bicyclic) bond motifs is 1. The number of hydrogen-bond acceptors (Lipinski definition) is 5. The molecule has 0 aliphatic carbocycles. The minimum Gasteiger partial charge on any atom is -0.494 e. The van der Waals surface area contributed by atoms with Gasteiger partial charge >= 0.3 is 0 Å². The Morgan fingerprint density at radius 1 is 1.06 bits per heavy atom. The number of rotatable bonds is 9. The van der Waals surface area contributed by atoms with Gasteiger partial charge in [0.15, 0.2) is 11.0 Å². The highest BCUT2D eigenvalue weighted by Crippen LogP contribution is 2.32. The van der Waals surface area contributed by atoms with Crippen LogP contribution in [0.1, 0.15) is 12.5 Å². The molecule has 9 heteroatoms. The van der Waals surface area contributed by atoms with E-state index in [0.717, 1.165) is 33.5 Å². The zero-order valence-electron chi connectivity index (χ0n) is 19.6. The first-order valence-electron chi connectivity index (χ1n) is 11.5. The summed E-state index contributed by atoms with van der Waals surface area (Å²) in [5.74, 6) is 1.15. The molecule has 0 fully saturated rings. The largest absolute Gasteiger partial charge is 0.494 e. The predicted molar refractivity (Wildman–Crippen MR) is 139 cm³/mol. The molecule has 0 atom stereocenters. The van der Waals surface area contributed by atoms with Crippen molar-refractivity contribution in [3.63, 3.8) is 0 Å². The molecule has 1 amide bonds. The number of nitrogens with one attached hydrogen (secondary N) is 2. The van der Waals surface area contributed by atoms with Crippen molar-refractivity contribution in [2.75, 3.05) is 12.4 Å². The fraction of sp³-hybridized carbons (Fsp3) is 0.148. The Hall–Kier alpha value is -4.11. The third kappa shape index (κ3) is 5.11. The molecule has 0 aliphatic heterocycles. The summed E-state index contributed by atoms with van der Waals surface area (Å²) in [5, 5.41) is 13.4. The number of hydrogen-bond donors (Lipinski definition) is 2. The molecule has 36 heavy (non-hydrogen) atoms. The van der Waals surface area contributed by atoms with Gasteiger partial charge in [0.25, 0.3) is 0 Å². The third-order valence-electron chi connectivity index (χ3n) is 5.60. The van der Waals surface area contributed by atoms with E-state index < -0.39 is 0 Å². The number of thioether (sulfide) groups is 1. The van der Waals surface area contributed by atoms with Gasteiger partial charge in [0, 0.05) is 34.9 Å². The highest BCUT2D eigenvalue weighted by molar-refractivity contribution is 7.99. The number of para-hydroxylation sites is 1. The fourth-order valence-electron chi connectivity index (χ4n) is 3.87. The van der Waals surface area contributed by atoms with Crippen molar-refractivity contribution in [2.24, 2.45) is 0 Å². The summed E-state index contributed by atoms with van der Waals surface area (Å²) >= 11 is 1.30. The Labute approximate surface area is 211 Å². The lowest BCUT2D eigenvalue weighted by molar-refractivity contribution is -0.118. The van der Waals surface area contributed by atoms with Crippen LogP contribution < -0.4 is 10.1 Å². The quantitative estimate of drug-likeness (QED) is 0.266. The molecule has 182 valence electrons. The lowest BCUT2D eigenvalue weighted by atomic mass is 10.1. The van der Waals surface area contributed by atoms with Crippen LogP contribution >= 0.6 is 11.8 Å². The zero-order chi connectivity index (χ0) is 24.9. The van der Waals surface area contributed by atoms with Gasteiger partial charge in [-0.3, -0.25) is 9.36 Å². The number of carbonyl (C=O) groups is 1. The number of carbonyl (C=O) groups excluding carboxylic acids is 1. The van der Waals surface area contributed by atoms with Crippen molar-refractivity contribution in [2.45, 2.75) is 18.6 Å². The van der Waals surface area contributed by atoms with E-state index in [4.69, 9.17) is 4.74 Å². The highest BCUT2D eigenvalue weighted by Gasteiger charge is 2.20. The van der Waals surface area contributed by atoms with Crippen LogP contribution in [0.3, 0.4) is 0 Å². The number of aromatic nitrogens is 4. The molecule has 0 bridgehead atoms. The first-order valence-corrected chi connectivity index (χ1v) is 12.5. The summed E-state index contributed by atoms with van der Waals surface area (Å²) in [6, 6.07) is 21.8. The average molecular weight is 502 g/mol. The molecule has 3 aromatic carbocycles. The van der Waals surface area contributed by atoms with Gasteiger partial charge in [-0.15, -0.1) is 10.2 Å². The molecule has 0 spiro atoms. The topological polar surface area (TPSA) is 84.8 Å². The Morgan fingerprint density at radius 3 is 2.61 bits per heavy atom. The van der Waals surface area contributed by atoms with Crippen LogP contribution in [0, 0.1) is 5.82 Å². The smallest absolute Gasteiger partial charge is 0.230 e. The van der Waals surface area contributed by atoms with Gasteiger partial charge < -0.3 is 15.0 Å². The molecule has 2 heterocycles. The van der Waals surface area contributed by atoms with E-state index in [9.17, 15) is 9.18 Å². The second kappa shape index (κ2) is 10.7. The van der Waals surface area contributed by atoms with E-state index in [-0.39, 0.29) is 17.5 Å². The number of amides is 1. The standard InChI is InChI=1S/C27H24FN5O2S/c1-2-35-21-13-11-20(12-14-21)33-26(23-16-29-24-6-4-3-5-22(23)24)31-32-27(33)36-17-25(34)30-15-18-7-9-19(28)10-8-18/h3-14,16,29H,2,15,17H2,1H3,(H,30,34). The van der Waals surface area contributed by atoms with Crippen molar-refractivity contribution >= 4 is 28.6 Å². The average Bonchev–Trinajstić information content (AvgIpc) is 3.52. The van der Waals surface area contributed by atoms with E-state index in [1.807, 2.05) is 66.2 Å². The normalized spacial score (nSPS) is 11.1. The Kier molecular flexibility index (Phi) is 6.99. The number of H-pyrrole nitrogens is 1. The maximum absolute atomic E-state index is 13.1. The Bertz CT molecular complexity index is 1480. The summed E-state index contributed by atoms with van der Waals surface area (Å²) in [6.07, 6.45) is 1.92. The van der Waals surface area contributed by atoms with Crippen LogP contribution in [-0.4, -0.2) is 38.0 Å².